The number of nitrogen functional groups attached to an aromatic ring is 2. The van der Waals surface area contributed by atoms with Gasteiger partial charge in [0.2, 0.25) is 5.96 Å². The van der Waals surface area contributed by atoms with E-state index in [0.717, 1.165) is 11.3 Å². The second kappa shape index (κ2) is 4.28. The van der Waals surface area contributed by atoms with E-state index in [1.165, 1.54) is 4.68 Å². The monoisotopic (exact) mass is 241 g/mol. The Labute approximate surface area is 98.1 Å². The smallest absolute Gasteiger partial charge is 0.215 e. The van der Waals surface area contributed by atoms with E-state index in [1.807, 2.05) is 6.92 Å². The lowest BCUT2D eigenvalue weighted by molar-refractivity contribution is 0.535. The normalized spacial score (nSPS) is 9.81. The largest absolute Gasteiger partial charge is 0.469 e. The SMILES string of the molecule is Cc1occc1-c1cc(N)n(C(=N)N)n1.Cl. The molecule has 0 atom stereocenters. The fourth-order valence-corrected chi connectivity index (χ4v) is 1.37. The average Bonchev–Trinajstić information content (AvgIpc) is 2.71. The van der Waals surface area contributed by atoms with Crippen molar-refractivity contribution in [3.8, 4) is 11.3 Å². The second-order valence-corrected chi connectivity index (χ2v) is 3.14. The Hall–Kier alpha value is -1.95. The molecule has 0 aromatic carbocycles. The zero-order chi connectivity index (χ0) is 11.0. The van der Waals surface area contributed by atoms with Crippen LogP contribution in [-0.4, -0.2) is 15.7 Å². The zero-order valence-electron chi connectivity index (χ0n) is 8.60. The van der Waals surface area contributed by atoms with Gasteiger partial charge in [0, 0.05) is 11.6 Å². The van der Waals surface area contributed by atoms with Gasteiger partial charge in [-0.1, -0.05) is 0 Å². The van der Waals surface area contributed by atoms with Crippen LogP contribution in [-0.2, 0) is 0 Å². The summed E-state index contributed by atoms with van der Waals surface area (Å²) >= 11 is 0. The molecule has 0 unspecified atom stereocenters. The Bertz CT molecular complexity index is 516. The van der Waals surface area contributed by atoms with Crippen molar-refractivity contribution in [2.45, 2.75) is 6.92 Å². The van der Waals surface area contributed by atoms with Crippen molar-refractivity contribution in [2.75, 3.05) is 5.73 Å². The Morgan fingerprint density at radius 2 is 2.25 bits per heavy atom. The van der Waals surface area contributed by atoms with Gasteiger partial charge in [0.05, 0.1) is 12.0 Å². The molecule has 0 bridgehead atoms. The number of nitrogens with two attached hydrogens (primary N) is 2. The van der Waals surface area contributed by atoms with Crippen molar-refractivity contribution in [2.24, 2.45) is 5.73 Å². The van der Waals surface area contributed by atoms with E-state index in [4.69, 9.17) is 21.3 Å². The Morgan fingerprint density at radius 3 is 2.69 bits per heavy atom. The third kappa shape index (κ3) is 1.87. The van der Waals surface area contributed by atoms with E-state index >= 15 is 0 Å². The van der Waals surface area contributed by atoms with E-state index in [1.54, 1.807) is 18.4 Å². The highest BCUT2D eigenvalue weighted by Crippen LogP contribution is 2.24. The molecule has 0 aliphatic heterocycles. The summed E-state index contributed by atoms with van der Waals surface area (Å²) in [4.78, 5) is 0. The van der Waals surface area contributed by atoms with Gasteiger partial charge in [-0.2, -0.15) is 9.78 Å². The third-order valence-electron chi connectivity index (χ3n) is 2.10. The van der Waals surface area contributed by atoms with Crippen LogP contribution in [0.1, 0.15) is 5.76 Å². The zero-order valence-corrected chi connectivity index (χ0v) is 9.41. The first-order valence-electron chi connectivity index (χ1n) is 4.34. The van der Waals surface area contributed by atoms with Gasteiger partial charge in [-0.25, -0.2) is 0 Å². The van der Waals surface area contributed by atoms with Gasteiger partial charge in [0.15, 0.2) is 0 Å². The number of nitrogens with zero attached hydrogens (tertiary/aromatic N) is 2. The lowest BCUT2D eigenvalue weighted by Gasteiger charge is -1.97. The number of rotatable bonds is 1. The predicted molar refractivity (Wildman–Crippen MR) is 63.6 cm³/mol. The highest BCUT2D eigenvalue weighted by molar-refractivity contribution is 5.85. The Kier molecular flexibility index (Phi) is 3.24. The Morgan fingerprint density at radius 1 is 1.56 bits per heavy atom. The summed E-state index contributed by atoms with van der Waals surface area (Å²) in [5.74, 6) is 0.876. The molecule has 0 radical (unpaired) electrons. The van der Waals surface area contributed by atoms with Gasteiger partial charge in [0.1, 0.15) is 11.6 Å². The van der Waals surface area contributed by atoms with Gasteiger partial charge in [-0.3, -0.25) is 5.41 Å². The van der Waals surface area contributed by atoms with Crippen molar-refractivity contribution in [1.82, 2.24) is 9.78 Å². The van der Waals surface area contributed by atoms with Crippen molar-refractivity contribution in [3.63, 3.8) is 0 Å². The minimum Gasteiger partial charge on any atom is -0.469 e. The topological polar surface area (TPSA) is 107 Å². The van der Waals surface area contributed by atoms with Crippen molar-refractivity contribution in [3.05, 3.63) is 24.2 Å². The summed E-state index contributed by atoms with van der Waals surface area (Å²) in [5, 5.41) is 11.3. The van der Waals surface area contributed by atoms with Gasteiger partial charge in [-0.15, -0.1) is 12.4 Å². The van der Waals surface area contributed by atoms with E-state index in [0.29, 0.717) is 11.5 Å². The van der Waals surface area contributed by atoms with E-state index in [2.05, 4.69) is 5.10 Å². The number of nitrogens with one attached hydrogen (secondary N) is 1. The van der Waals surface area contributed by atoms with Crippen molar-refractivity contribution >= 4 is 24.2 Å². The number of anilines is 1. The van der Waals surface area contributed by atoms with Crippen LogP contribution in [0.25, 0.3) is 11.3 Å². The second-order valence-electron chi connectivity index (χ2n) is 3.14. The minimum atomic E-state index is -0.208. The summed E-state index contributed by atoms with van der Waals surface area (Å²) < 4.78 is 6.32. The van der Waals surface area contributed by atoms with E-state index in [-0.39, 0.29) is 18.4 Å². The Balaban J connectivity index is 0.00000128. The molecule has 2 heterocycles. The number of aryl methyl sites for hydroxylation is 1. The first-order valence-corrected chi connectivity index (χ1v) is 4.34. The molecule has 2 aromatic rings. The van der Waals surface area contributed by atoms with Crippen molar-refractivity contribution in [1.29, 1.82) is 5.41 Å². The molecule has 0 amide bonds. The van der Waals surface area contributed by atoms with Crippen LogP contribution in [0, 0.1) is 12.3 Å². The third-order valence-corrected chi connectivity index (χ3v) is 2.10. The fraction of sp³-hybridized carbons (Fsp3) is 0.111. The van der Waals surface area contributed by atoms with Crippen LogP contribution in [0.4, 0.5) is 5.82 Å². The molecule has 86 valence electrons. The maximum absolute atomic E-state index is 7.24. The number of halogens is 1. The molecule has 7 heteroatoms. The van der Waals surface area contributed by atoms with E-state index in [9.17, 15) is 0 Å². The summed E-state index contributed by atoms with van der Waals surface area (Å²) in [6.07, 6.45) is 1.58. The highest BCUT2D eigenvalue weighted by atomic mass is 35.5. The molecule has 16 heavy (non-hydrogen) atoms. The summed E-state index contributed by atoms with van der Waals surface area (Å²) in [5.41, 5.74) is 12.4. The predicted octanol–water partition coefficient (Wildman–Crippen LogP) is 1.20. The lowest BCUT2D eigenvalue weighted by atomic mass is 10.2. The molecule has 2 aromatic heterocycles. The molecule has 0 aliphatic carbocycles. The molecule has 6 nitrogen and oxygen atoms in total. The average molecular weight is 242 g/mol. The van der Waals surface area contributed by atoms with Crippen LogP contribution in [0.5, 0.6) is 0 Å². The van der Waals surface area contributed by atoms with Crippen LogP contribution < -0.4 is 11.5 Å². The van der Waals surface area contributed by atoms with Crippen LogP contribution in [0.15, 0.2) is 22.8 Å². The van der Waals surface area contributed by atoms with Crippen LogP contribution in [0.2, 0.25) is 0 Å². The summed E-state index contributed by atoms with van der Waals surface area (Å²) in [6, 6.07) is 3.45. The van der Waals surface area contributed by atoms with Crippen molar-refractivity contribution < 1.29 is 4.42 Å². The number of aromatic nitrogens is 2. The molecule has 0 aliphatic rings. The molecule has 5 N–H and O–H groups in total. The first kappa shape index (κ1) is 12.1. The summed E-state index contributed by atoms with van der Waals surface area (Å²) in [7, 11) is 0. The molecular formula is C9H12ClN5O. The maximum Gasteiger partial charge on any atom is 0.215 e. The van der Waals surface area contributed by atoms with Gasteiger partial charge in [-0.05, 0) is 13.0 Å². The van der Waals surface area contributed by atoms with Gasteiger partial charge in [0.25, 0.3) is 0 Å². The van der Waals surface area contributed by atoms with Crippen LogP contribution in [0.3, 0.4) is 0 Å². The molecule has 2 rings (SSSR count). The summed E-state index contributed by atoms with van der Waals surface area (Å²) in [6.45, 7) is 1.83. The van der Waals surface area contributed by atoms with Crippen LogP contribution >= 0.6 is 12.4 Å². The molecule has 0 fully saturated rings. The molecular weight excluding hydrogens is 230 g/mol. The van der Waals surface area contributed by atoms with E-state index < -0.39 is 0 Å². The number of furan rings is 1. The maximum atomic E-state index is 7.24. The first-order chi connectivity index (χ1) is 7.09. The van der Waals surface area contributed by atoms with Gasteiger partial charge < -0.3 is 15.9 Å². The standard InChI is InChI=1S/C9H11N5O.ClH/c1-5-6(2-3-15-5)7-4-8(10)14(13-7)9(11)12;/h2-4H,10H2,1H3,(H3,11,12);1H. The molecule has 0 spiro atoms. The molecule has 0 saturated heterocycles. The lowest BCUT2D eigenvalue weighted by Crippen LogP contribution is -2.23. The number of hydrogen-bond donors (Lipinski definition) is 3. The highest BCUT2D eigenvalue weighted by Gasteiger charge is 2.12. The minimum absolute atomic E-state index is 0. The number of hydrogen-bond acceptors (Lipinski definition) is 4. The quantitative estimate of drug-likeness (QED) is 0.515. The molecule has 0 saturated carbocycles. The van der Waals surface area contributed by atoms with Gasteiger partial charge >= 0.3 is 0 Å². The fourth-order valence-electron chi connectivity index (χ4n) is 1.37.